The summed E-state index contributed by atoms with van der Waals surface area (Å²) >= 11 is 5.50. The lowest BCUT2D eigenvalue weighted by molar-refractivity contribution is -0.137. The fourth-order valence-corrected chi connectivity index (χ4v) is 1.93. The second kappa shape index (κ2) is 6.35. The molecule has 5 nitrogen and oxygen atoms in total. The Kier molecular flexibility index (Phi) is 4.70. The topological polar surface area (TPSA) is 68.0 Å². The van der Waals surface area contributed by atoms with Crippen molar-refractivity contribution >= 4 is 23.2 Å². The molecule has 2 rings (SSSR count). The van der Waals surface area contributed by atoms with E-state index in [0.717, 1.165) is 12.1 Å². The summed E-state index contributed by atoms with van der Waals surface area (Å²) < 4.78 is 43.2. The molecule has 0 aliphatic heterocycles. The molecule has 0 spiro atoms. The van der Waals surface area contributed by atoms with E-state index in [4.69, 9.17) is 16.0 Å². The Morgan fingerprint density at radius 2 is 2.09 bits per heavy atom. The minimum Gasteiger partial charge on any atom is -0.426 e. The minimum absolute atomic E-state index is 0.00557. The van der Waals surface area contributed by atoms with E-state index in [-0.39, 0.29) is 18.5 Å². The molecule has 1 heterocycles. The number of aryl methyl sites for hydroxylation is 2. The number of nitrogens with one attached hydrogen (secondary N) is 1. The van der Waals surface area contributed by atoms with E-state index in [1.54, 1.807) is 6.92 Å². The van der Waals surface area contributed by atoms with E-state index in [1.165, 1.54) is 6.07 Å². The van der Waals surface area contributed by atoms with Gasteiger partial charge in [-0.25, -0.2) is 0 Å². The number of rotatable bonds is 4. The Morgan fingerprint density at radius 1 is 1.36 bits per heavy atom. The van der Waals surface area contributed by atoms with E-state index in [0.29, 0.717) is 11.8 Å². The predicted molar refractivity (Wildman–Crippen MR) is 72.4 cm³/mol. The van der Waals surface area contributed by atoms with Crippen molar-refractivity contribution in [2.45, 2.75) is 25.9 Å². The van der Waals surface area contributed by atoms with Crippen molar-refractivity contribution in [3.8, 4) is 0 Å². The zero-order valence-corrected chi connectivity index (χ0v) is 12.1. The molecule has 0 saturated carbocycles. The fourth-order valence-electron chi connectivity index (χ4n) is 1.70. The number of benzene rings is 1. The predicted octanol–water partition coefficient (Wildman–Crippen LogP) is 3.62. The molecule has 1 aromatic carbocycles. The Balaban J connectivity index is 1.99. The second-order valence-corrected chi connectivity index (χ2v) is 4.86. The molecule has 0 unspecified atom stereocenters. The number of amides is 1. The average Bonchev–Trinajstić information content (AvgIpc) is 2.83. The molecule has 1 aromatic heterocycles. The van der Waals surface area contributed by atoms with Crippen molar-refractivity contribution in [3.63, 3.8) is 0 Å². The van der Waals surface area contributed by atoms with Crippen LogP contribution in [0.25, 0.3) is 0 Å². The third-order valence-corrected chi connectivity index (χ3v) is 3.02. The highest BCUT2D eigenvalue weighted by molar-refractivity contribution is 6.31. The van der Waals surface area contributed by atoms with Gasteiger partial charge in [-0.3, -0.25) is 4.79 Å². The molecule has 0 bridgehead atoms. The molecular formula is C13H11ClF3N3O2. The first kappa shape index (κ1) is 16.3. The summed E-state index contributed by atoms with van der Waals surface area (Å²) in [5.74, 6) is 0.203. The highest BCUT2D eigenvalue weighted by Crippen LogP contribution is 2.36. The van der Waals surface area contributed by atoms with Gasteiger partial charge in [0.25, 0.3) is 0 Å². The standard InChI is InChI=1S/C13H11ClF3N3O2/c1-7-19-20-12(22-7)5-4-11(21)18-8-2-3-10(14)9(6-8)13(15,16)17/h2-3,6H,4-5H2,1H3,(H,18,21). The molecule has 0 aliphatic rings. The SMILES string of the molecule is Cc1nnc(CCC(=O)Nc2ccc(Cl)c(C(F)(F)F)c2)o1. The Morgan fingerprint density at radius 3 is 2.68 bits per heavy atom. The van der Waals surface area contributed by atoms with Crippen LogP contribution < -0.4 is 5.32 Å². The van der Waals surface area contributed by atoms with Gasteiger partial charge in [-0.05, 0) is 18.2 Å². The van der Waals surface area contributed by atoms with Crippen LogP contribution in [0.3, 0.4) is 0 Å². The maximum absolute atomic E-state index is 12.7. The normalized spacial score (nSPS) is 11.5. The number of alkyl halides is 3. The van der Waals surface area contributed by atoms with Crippen LogP contribution in [0, 0.1) is 6.92 Å². The summed E-state index contributed by atoms with van der Waals surface area (Å²) in [4.78, 5) is 11.7. The van der Waals surface area contributed by atoms with E-state index in [2.05, 4.69) is 15.5 Å². The fraction of sp³-hybridized carbons (Fsp3) is 0.308. The molecule has 118 valence electrons. The highest BCUT2D eigenvalue weighted by Gasteiger charge is 2.33. The highest BCUT2D eigenvalue weighted by atomic mass is 35.5. The monoisotopic (exact) mass is 333 g/mol. The van der Waals surface area contributed by atoms with Gasteiger partial charge >= 0.3 is 6.18 Å². The van der Waals surface area contributed by atoms with E-state index >= 15 is 0 Å². The summed E-state index contributed by atoms with van der Waals surface area (Å²) in [7, 11) is 0. The van der Waals surface area contributed by atoms with Gasteiger partial charge in [0.1, 0.15) is 0 Å². The Bertz CT molecular complexity index is 685. The molecule has 1 N–H and O–H groups in total. The number of halogens is 4. The number of anilines is 1. The number of carbonyl (C=O) groups excluding carboxylic acids is 1. The van der Waals surface area contributed by atoms with Crippen molar-refractivity contribution in [1.29, 1.82) is 0 Å². The third kappa shape index (κ3) is 4.20. The zero-order valence-electron chi connectivity index (χ0n) is 11.4. The van der Waals surface area contributed by atoms with Crippen LogP contribution in [0.4, 0.5) is 18.9 Å². The van der Waals surface area contributed by atoms with Crippen LogP contribution >= 0.6 is 11.6 Å². The van der Waals surface area contributed by atoms with E-state index < -0.39 is 22.7 Å². The summed E-state index contributed by atoms with van der Waals surface area (Å²) in [6.07, 6.45) is -4.38. The second-order valence-electron chi connectivity index (χ2n) is 4.46. The smallest absolute Gasteiger partial charge is 0.417 e. The van der Waals surface area contributed by atoms with Gasteiger partial charge in [-0.2, -0.15) is 13.2 Å². The largest absolute Gasteiger partial charge is 0.426 e. The number of carbonyl (C=O) groups is 1. The van der Waals surface area contributed by atoms with Crippen LogP contribution in [-0.4, -0.2) is 16.1 Å². The quantitative estimate of drug-likeness (QED) is 0.927. The summed E-state index contributed by atoms with van der Waals surface area (Å²) in [5, 5.41) is 9.28. The molecule has 0 aliphatic carbocycles. The van der Waals surface area contributed by atoms with Crippen molar-refractivity contribution in [3.05, 3.63) is 40.6 Å². The summed E-state index contributed by atoms with van der Waals surface area (Å²) in [6.45, 7) is 1.61. The van der Waals surface area contributed by atoms with Gasteiger partial charge in [0.15, 0.2) is 0 Å². The Labute approximate surface area is 128 Å². The first-order valence-corrected chi connectivity index (χ1v) is 6.59. The van der Waals surface area contributed by atoms with Crippen LogP contribution in [0.15, 0.2) is 22.6 Å². The van der Waals surface area contributed by atoms with Gasteiger partial charge in [-0.15, -0.1) is 10.2 Å². The average molecular weight is 334 g/mol. The first-order chi connectivity index (χ1) is 10.3. The molecule has 0 atom stereocenters. The summed E-state index contributed by atoms with van der Waals surface area (Å²) in [5.41, 5.74) is -0.983. The molecule has 0 fully saturated rings. The van der Waals surface area contributed by atoms with E-state index in [1.807, 2.05) is 0 Å². The maximum atomic E-state index is 12.7. The van der Waals surface area contributed by atoms with Gasteiger partial charge in [0.2, 0.25) is 17.7 Å². The zero-order chi connectivity index (χ0) is 16.3. The third-order valence-electron chi connectivity index (χ3n) is 2.69. The molecule has 2 aromatic rings. The van der Waals surface area contributed by atoms with E-state index in [9.17, 15) is 18.0 Å². The first-order valence-electron chi connectivity index (χ1n) is 6.21. The number of nitrogens with zero attached hydrogens (tertiary/aromatic N) is 2. The van der Waals surface area contributed by atoms with Gasteiger partial charge in [0, 0.05) is 25.5 Å². The van der Waals surface area contributed by atoms with Crippen LogP contribution in [0.1, 0.15) is 23.8 Å². The summed E-state index contributed by atoms with van der Waals surface area (Å²) in [6, 6.07) is 3.17. The molecule has 0 radical (unpaired) electrons. The molecule has 1 amide bonds. The number of hydrogen-bond donors (Lipinski definition) is 1. The maximum Gasteiger partial charge on any atom is 0.417 e. The van der Waals surface area contributed by atoms with Gasteiger partial charge < -0.3 is 9.73 Å². The van der Waals surface area contributed by atoms with Crippen LogP contribution in [0.2, 0.25) is 5.02 Å². The number of aromatic nitrogens is 2. The van der Waals surface area contributed by atoms with Gasteiger partial charge in [-0.1, -0.05) is 11.6 Å². The van der Waals surface area contributed by atoms with Crippen molar-refractivity contribution < 1.29 is 22.4 Å². The molecule has 9 heteroatoms. The lowest BCUT2D eigenvalue weighted by atomic mass is 10.2. The van der Waals surface area contributed by atoms with Crippen LogP contribution in [-0.2, 0) is 17.4 Å². The molecular weight excluding hydrogens is 323 g/mol. The van der Waals surface area contributed by atoms with Crippen molar-refractivity contribution in [1.82, 2.24) is 10.2 Å². The lowest BCUT2D eigenvalue weighted by Gasteiger charge is -2.11. The number of hydrogen-bond acceptors (Lipinski definition) is 4. The lowest BCUT2D eigenvalue weighted by Crippen LogP contribution is -2.14. The van der Waals surface area contributed by atoms with Gasteiger partial charge in [0.05, 0.1) is 10.6 Å². The van der Waals surface area contributed by atoms with Crippen molar-refractivity contribution in [2.75, 3.05) is 5.32 Å². The minimum atomic E-state index is -4.58. The van der Waals surface area contributed by atoms with Crippen LogP contribution in [0.5, 0.6) is 0 Å². The molecule has 22 heavy (non-hydrogen) atoms. The molecule has 0 saturated heterocycles. The Hall–Kier alpha value is -2.09. The van der Waals surface area contributed by atoms with Crippen molar-refractivity contribution in [2.24, 2.45) is 0 Å².